The molecule has 1 amide bonds. The van der Waals surface area contributed by atoms with Gasteiger partial charge in [-0.2, -0.15) is 0 Å². The molecule has 0 saturated carbocycles. The van der Waals surface area contributed by atoms with Crippen LogP contribution < -0.4 is 10.1 Å². The monoisotopic (exact) mass is 573 g/mol. The van der Waals surface area contributed by atoms with Gasteiger partial charge in [-0.3, -0.25) is 9.00 Å². The number of unbranched alkanes of at least 4 members (excludes halogenated alkanes) is 1. The lowest BCUT2D eigenvalue weighted by atomic mass is 10.0. The van der Waals surface area contributed by atoms with Gasteiger partial charge in [0.25, 0.3) is 0 Å². The van der Waals surface area contributed by atoms with Gasteiger partial charge in [-0.25, -0.2) is 4.98 Å². The number of ether oxygens (including phenoxy) is 2. The van der Waals surface area contributed by atoms with Crippen LogP contribution in [0.4, 0.5) is 5.69 Å². The van der Waals surface area contributed by atoms with Gasteiger partial charge in [-0.15, -0.1) is 0 Å². The van der Waals surface area contributed by atoms with Crippen molar-refractivity contribution in [1.29, 1.82) is 0 Å². The predicted molar refractivity (Wildman–Crippen MR) is 165 cm³/mol. The quantitative estimate of drug-likeness (QED) is 0.152. The van der Waals surface area contributed by atoms with Crippen molar-refractivity contribution >= 4 is 22.4 Å². The number of rotatable bonds is 16. The maximum Gasteiger partial charge on any atom is 0.224 e. The summed E-state index contributed by atoms with van der Waals surface area (Å²) >= 11 is 0. The predicted octanol–water partition coefficient (Wildman–Crippen LogP) is 6.64. The van der Waals surface area contributed by atoms with Crippen molar-refractivity contribution in [3.63, 3.8) is 0 Å². The van der Waals surface area contributed by atoms with Crippen LogP contribution in [-0.2, 0) is 39.0 Å². The molecule has 1 N–H and O–H groups in total. The zero-order valence-corrected chi connectivity index (χ0v) is 24.7. The number of aryl methyl sites for hydroxylation is 2. The molecule has 8 heteroatoms. The molecule has 1 unspecified atom stereocenters. The zero-order chi connectivity index (χ0) is 28.9. The molecule has 0 fully saturated rings. The van der Waals surface area contributed by atoms with Gasteiger partial charge in [0.1, 0.15) is 12.4 Å². The molecule has 0 aliphatic carbocycles. The summed E-state index contributed by atoms with van der Waals surface area (Å²) in [6.45, 7) is 6.88. The van der Waals surface area contributed by atoms with E-state index < -0.39 is 10.8 Å². The molecule has 0 spiro atoms. The van der Waals surface area contributed by atoms with Crippen molar-refractivity contribution in [2.24, 2.45) is 0 Å². The number of nitrogens with zero attached hydrogens (tertiary/aromatic N) is 2. The lowest BCUT2D eigenvalue weighted by Crippen LogP contribution is -2.12. The largest absolute Gasteiger partial charge is 0.491 e. The number of imidazole rings is 1. The second-order valence-electron chi connectivity index (χ2n) is 9.77. The Morgan fingerprint density at radius 3 is 2.51 bits per heavy atom. The molecule has 0 bridgehead atoms. The van der Waals surface area contributed by atoms with Gasteiger partial charge in [0.2, 0.25) is 5.91 Å². The molecule has 7 nitrogen and oxygen atoms in total. The zero-order valence-electron chi connectivity index (χ0n) is 23.9. The number of nitrogens with one attached hydrogen (secondary N) is 1. The Balaban J connectivity index is 1.23. The third kappa shape index (κ3) is 9.40. The van der Waals surface area contributed by atoms with Crippen LogP contribution in [0, 0.1) is 0 Å². The maximum atomic E-state index is 12.8. The average molecular weight is 574 g/mol. The number of aromatic nitrogens is 2. The van der Waals surface area contributed by atoms with E-state index in [-0.39, 0.29) is 5.91 Å². The van der Waals surface area contributed by atoms with Crippen molar-refractivity contribution in [1.82, 2.24) is 9.55 Å². The molecule has 3 aromatic carbocycles. The Bertz CT molecular complexity index is 1400. The second kappa shape index (κ2) is 15.9. The number of hydrogen-bond donors (Lipinski definition) is 1. The Morgan fingerprint density at radius 2 is 1.76 bits per heavy atom. The second-order valence-corrected chi connectivity index (χ2v) is 11.2. The van der Waals surface area contributed by atoms with Crippen LogP contribution in [0.2, 0.25) is 0 Å². The summed E-state index contributed by atoms with van der Waals surface area (Å²) in [5, 5.41) is 2.95. The Labute approximate surface area is 245 Å². The fourth-order valence-corrected chi connectivity index (χ4v) is 5.47. The lowest BCUT2D eigenvalue weighted by molar-refractivity contribution is -0.116. The molecule has 0 aliphatic rings. The Kier molecular flexibility index (Phi) is 11.7. The van der Waals surface area contributed by atoms with Crippen molar-refractivity contribution < 1.29 is 18.5 Å². The Morgan fingerprint density at radius 1 is 0.951 bits per heavy atom. The van der Waals surface area contributed by atoms with Gasteiger partial charge >= 0.3 is 0 Å². The van der Waals surface area contributed by atoms with Gasteiger partial charge in [-0.05, 0) is 72.9 Å². The van der Waals surface area contributed by atoms with Gasteiger partial charge < -0.3 is 19.4 Å². The van der Waals surface area contributed by atoms with E-state index in [4.69, 9.17) is 9.47 Å². The van der Waals surface area contributed by atoms with Gasteiger partial charge in [0, 0.05) is 36.4 Å². The van der Waals surface area contributed by atoms with E-state index in [0.29, 0.717) is 37.5 Å². The van der Waals surface area contributed by atoms with E-state index in [1.54, 1.807) is 36.8 Å². The number of benzene rings is 3. The summed E-state index contributed by atoms with van der Waals surface area (Å²) in [5.41, 5.74) is 4.93. The highest BCUT2D eigenvalue weighted by Crippen LogP contribution is 2.24. The summed E-state index contributed by atoms with van der Waals surface area (Å²) in [5.74, 6) is 1.17. The summed E-state index contributed by atoms with van der Waals surface area (Å²) < 4.78 is 26.1. The SMILES string of the molecule is CCCCOCCOc1ccc(-c2cccc(CCC(=O)Nc3ccc(S(=O)Cc4cncn4CC)cc3)c2)cc1. The highest BCUT2D eigenvalue weighted by atomic mass is 32.2. The Hall–Kier alpha value is -3.75. The molecule has 4 rings (SSSR count). The summed E-state index contributed by atoms with van der Waals surface area (Å²) in [6.07, 6.45) is 6.71. The molecule has 1 heterocycles. The molecule has 0 saturated heterocycles. The summed E-state index contributed by atoms with van der Waals surface area (Å²) in [7, 11) is -1.18. The summed E-state index contributed by atoms with van der Waals surface area (Å²) in [6, 6.07) is 23.5. The minimum atomic E-state index is -1.18. The number of anilines is 1. The topological polar surface area (TPSA) is 82.4 Å². The standard InChI is InChI=1S/C33H39N3O4S/c1-3-5-19-39-20-21-40-31-14-10-27(11-15-31)28-8-6-7-26(22-28)9-18-33(37)35-29-12-16-32(17-13-29)41(38)24-30-23-34-25-36(30)4-2/h6-8,10-17,22-23,25H,3-5,9,18-21,24H2,1-2H3,(H,35,37). The molecule has 1 aromatic heterocycles. The van der Waals surface area contributed by atoms with Crippen LogP contribution in [0.25, 0.3) is 11.1 Å². The third-order valence-electron chi connectivity index (χ3n) is 6.71. The highest BCUT2D eigenvalue weighted by molar-refractivity contribution is 7.84. The van der Waals surface area contributed by atoms with Crippen molar-refractivity contribution in [3.8, 4) is 16.9 Å². The molecular weight excluding hydrogens is 534 g/mol. The van der Waals surface area contributed by atoms with E-state index in [1.165, 1.54) is 0 Å². The molecule has 1 atom stereocenters. The van der Waals surface area contributed by atoms with Crippen molar-refractivity contribution in [3.05, 3.63) is 96.6 Å². The summed E-state index contributed by atoms with van der Waals surface area (Å²) in [4.78, 5) is 17.5. The van der Waals surface area contributed by atoms with E-state index in [0.717, 1.165) is 59.0 Å². The first-order chi connectivity index (χ1) is 20.1. The molecule has 0 aliphatic heterocycles. The fourth-order valence-electron chi connectivity index (χ4n) is 4.36. The van der Waals surface area contributed by atoms with Crippen LogP contribution in [0.3, 0.4) is 0 Å². The van der Waals surface area contributed by atoms with Crippen LogP contribution in [0.15, 0.2) is 90.2 Å². The lowest BCUT2D eigenvalue weighted by Gasteiger charge is -2.10. The molecule has 4 aromatic rings. The van der Waals surface area contributed by atoms with Crippen LogP contribution in [0.5, 0.6) is 5.75 Å². The highest BCUT2D eigenvalue weighted by Gasteiger charge is 2.10. The maximum absolute atomic E-state index is 12.8. The van der Waals surface area contributed by atoms with Crippen LogP contribution in [-0.4, -0.2) is 39.5 Å². The van der Waals surface area contributed by atoms with E-state index in [9.17, 15) is 9.00 Å². The van der Waals surface area contributed by atoms with Gasteiger partial charge in [0.05, 0.1) is 35.2 Å². The van der Waals surface area contributed by atoms with Crippen LogP contribution in [0.1, 0.15) is 44.4 Å². The van der Waals surface area contributed by atoms with Crippen molar-refractivity contribution in [2.45, 2.75) is 56.7 Å². The van der Waals surface area contributed by atoms with Gasteiger partial charge in [0.15, 0.2) is 0 Å². The first-order valence-corrected chi connectivity index (χ1v) is 15.5. The number of hydrogen-bond acceptors (Lipinski definition) is 5. The number of amides is 1. The van der Waals surface area contributed by atoms with Crippen molar-refractivity contribution in [2.75, 3.05) is 25.1 Å². The molecule has 0 radical (unpaired) electrons. The van der Waals surface area contributed by atoms with E-state index in [1.807, 2.05) is 47.9 Å². The fraction of sp³-hybridized carbons (Fsp3) is 0.333. The molecule has 41 heavy (non-hydrogen) atoms. The third-order valence-corrected chi connectivity index (χ3v) is 8.07. The number of carbonyl (C=O) groups excluding carboxylic acids is 1. The minimum absolute atomic E-state index is 0.0590. The van der Waals surface area contributed by atoms with E-state index in [2.05, 4.69) is 29.4 Å². The molecule has 216 valence electrons. The first-order valence-electron chi connectivity index (χ1n) is 14.2. The van der Waals surface area contributed by atoms with E-state index >= 15 is 0 Å². The average Bonchev–Trinajstić information content (AvgIpc) is 3.45. The number of carbonyl (C=O) groups is 1. The van der Waals surface area contributed by atoms with Crippen LogP contribution >= 0.6 is 0 Å². The molecular formula is C33H39N3O4S. The first kappa shape index (κ1) is 30.2. The minimum Gasteiger partial charge on any atom is -0.491 e. The normalized spacial score (nSPS) is 11.8. The van der Waals surface area contributed by atoms with Gasteiger partial charge in [-0.1, -0.05) is 49.7 Å². The smallest absolute Gasteiger partial charge is 0.224 e.